The number of sulfone groups is 1. The number of nitriles is 1. The Kier molecular flexibility index (Phi) is 7.78. The number of nitrogens with zero attached hydrogens (tertiary/aromatic N) is 3. The van der Waals surface area contributed by atoms with Crippen LogP contribution in [0.2, 0.25) is 0 Å². The minimum absolute atomic E-state index is 0.0410. The van der Waals surface area contributed by atoms with Gasteiger partial charge in [-0.1, -0.05) is 55.3 Å². The number of carbonyl (C=O) groups excluding carboxylic acids is 1. The third kappa shape index (κ3) is 5.78. The van der Waals surface area contributed by atoms with Crippen molar-refractivity contribution in [2.24, 2.45) is 11.3 Å². The van der Waals surface area contributed by atoms with Gasteiger partial charge in [-0.3, -0.25) is 4.79 Å². The van der Waals surface area contributed by atoms with Crippen LogP contribution in [0.25, 0.3) is 10.4 Å². The van der Waals surface area contributed by atoms with Crippen molar-refractivity contribution < 1.29 is 13.2 Å². The first-order valence-corrected chi connectivity index (χ1v) is 17.8. The van der Waals surface area contributed by atoms with E-state index in [1.165, 1.54) is 5.56 Å². The molecule has 3 aromatic rings. The molecule has 6 nitrogen and oxygen atoms in total. The standard InChI is InChI=1S/C34H39N3O3S2/c1-33(2,25-8-4-3-5-9-25)32-36-30(28-11-7-6-10-27(28)29(38)22-34(23-35)16-17-34)31(41-32)24-12-14-26(15-13-24)37-18-20-42(39,40)21-19-37/h3-5,8-9,12-15,27-28H,6-7,10-11,16-22H2,1-2H3/t27-,28-/m1/s1. The van der Waals surface area contributed by atoms with Crippen LogP contribution in [0.15, 0.2) is 54.6 Å². The summed E-state index contributed by atoms with van der Waals surface area (Å²) in [6.07, 6.45) is 5.93. The van der Waals surface area contributed by atoms with Gasteiger partial charge in [0.2, 0.25) is 0 Å². The summed E-state index contributed by atoms with van der Waals surface area (Å²) in [6, 6.07) is 21.3. The smallest absolute Gasteiger partial charge is 0.153 e. The molecule has 1 saturated heterocycles. The van der Waals surface area contributed by atoms with E-state index in [-0.39, 0.29) is 34.5 Å². The van der Waals surface area contributed by atoms with Crippen molar-refractivity contribution in [1.29, 1.82) is 5.26 Å². The Bertz CT molecular complexity index is 1590. The topological polar surface area (TPSA) is 91.1 Å². The Labute approximate surface area is 253 Å². The van der Waals surface area contributed by atoms with E-state index in [9.17, 15) is 18.5 Å². The fourth-order valence-electron chi connectivity index (χ4n) is 6.62. The molecule has 0 unspecified atom stereocenters. The number of benzene rings is 2. The molecule has 0 N–H and O–H groups in total. The number of thiazole rings is 1. The average Bonchev–Trinajstić information content (AvgIpc) is 3.63. The molecule has 42 heavy (non-hydrogen) atoms. The molecule has 8 heteroatoms. The molecule has 0 amide bonds. The summed E-state index contributed by atoms with van der Waals surface area (Å²) in [5, 5.41) is 10.7. The molecule has 1 aliphatic heterocycles. The van der Waals surface area contributed by atoms with Crippen molar-refractivity contribution >= 4 is 32.6 Å². The number of carbonyl (C=O) groups is 1. The second-order valence-electron chi connectivity index (χ2n) is 12.9. The second kappa shape index (κ2) is 11.2. The molecule has 220 valence electrons. The average molecular weight is 602 g/mol. The van der Waals surface area contributed by atoms with Crippen LogP contribution < -0.4 is 4.90 Å². The number of hydrogen-bond donors (Lipinski definition) is 0. The van der Waals surface area contributed by atoms with E-state index in [1.807, 2.05) is 6.07 Å². The summed E-state index contributed by atoms with van der Waals surface area (Å²) in [7, 11) is -2.94. The summed E-state index contributed by atoms with van der Waals surface area (Å²) >= 11 is 1.73. The second-order valence-corrected chi connectivity index (χ2v) is 16.2. The molecule has 0 spiro atoms. The van der Waals surface area contributed by atoms with Crippen LogP contribution >= 0.6 is 11.3 Å². The van der Waals surface area contributed by atoms with Crippen molar-refractivity contribution in [2.75, 3.05) is 29.5 Å². The van der Waals surface area contributed by atoms with E-state index in [4.69, 9.17) is 4.98 Å². The zero-order valence-corrected chi connectivity index (χ0v) is 26.1. The van der Waals surface area contributed by atoms with Gasteiger partial charge < -0.3 is 4.90 Å². The van der Waals surface area contributed by atoms with Gasteiger partial charge in [0.05, 0.1) is 33.6 Å². The van der Waals surface area contributed by atoms with Crippen LogP contribution in [0, 0.1) is 22.7 Å². The Morgan fingerprint density at radius 1 is 1.05 bits per heavy atom. The number of hydrogen-bond acceptors (Lipinski definition) is 7. The number of Topliss-reactive ketones (excluding diaryl/α,β-unsaturated/α-hetero) is 1. The Balaban J connectivity index is 1.37. The maximum atomic E-state index is 13.7. The molecule has 0 bridgehead atoms. The monoisotopic (exact) mass is 601 g/mol. The zero-order valence-electron chi connectivity index (χ0n) is 24.5. The maximum Gasteiger partial charge on any atom is 0.153 e. The minimum Gasteiger partial charge on any atom is -0.369 e. The number of rotatable bonds is 8. The molecule has 6 rings (SSSR count). The molecule has 2 aromatic carbocycles. The van der Waals surface area contributed by atoms with Crippen LogP contribution in [-0.4, -0.2) is 43.8 Å². The molecule has 2 atom stereocenters. The highest BCUT2D eigenvalue weighted by atomic mass is 32.2. The lowest BCUT2D eigenvalue weighted by molar-refractivity contribution is -0.125. The van der Waals surface area contributed by atoms with Gasteiger partial charge in [-0.2, -0.15) is 5.26 Å². The largest absolute Gasteiger partial charge is 0.369 e. The summed E-state index contributed by atoms with van der Waals surface area (Å²) in [4.78, 5) is 22.3. The molecule has 1 aromatic heterocycles. The van der Waals surface area contributed by atoms with Gasteiger partial charge in [-0.25, -0.2) is 13.4 Å². The Morgan fingerprint density at radius 2 is 1.71 bits per heavy atom. The maximum absolute atomic E-state index is 13.7. The van der Waals surface area contributed by atoms with Crippen molar-refractivity contribution in [1.82, 2.24) is 4.98 Å². The fourth-order valence-corrected chi connectivity index (χ4v) is 9.08. The van der Waals surface area contributed by atoms with Crippen molar-refractivity contribution in [3.8, 4) is 16.5 Å². The van der Waals surface area contributed by atoms with Crippen LogP contribution in [0.1, 0.15) is 81.0 Å². The van der Waals surface area contributed by atoms with Crippen molar-refractivity contribution in [3.05, 3.63) is 70.9 Å². The van der Waals surface area contributed by atoms with Crippen molar-refractivity contribution in [2.45, 2.75) is 70.1 Å². The van der Waals surface area contributed by atoms with E-state index in [2.05, 4.69) is 73.3 Å². The lowest BCUT2D eigenvalue weighted by Gasteiger charge is -2.31. The van der Waals surface area contributed by atoms with E-state index in [1.54, 1.807) is 11.3 Å². The molecular weight excluding hydrogens is 563 g/mol. The van der Waals surface area contributed by atoms with Gasteiger partial charge >= 0.3 is 0 Å². The Hall–Kier alpha value is -3.02. The predicted molar refractivity (Wildman–Crippen MR) is 169 cm³/mol. The quantitative estimate of drug-likeness (QED) is 0.279. The van der Waals surface area contributed by atoms with E-state index in [0.29, 0.717) is 19.5 Å². The lowest BCUT2D eigenvalue weighted by atomic mass is 9.73. The predicted octanol–water partition coefficient (Wildman–Crippen LogP) is 6.91. The number of anilines is 1. The van der Waals surface area contributed by atoms with Gasteiger partial charge in [-0.05, 0) is 62.8 Å². The molecule has 0 radical (unpaired) electrons. The number of ketones is 1. The molecule has 2 heterocycles. The molecule has 2 saturated carbocycles. The van der Waals surface area contributed by atoms with Crippen molar-refractivity contribution in [3.63, 3.8) is 0 Å². The van der Waals surface area contributed by atoms with E-state index >= 15 is 0 Å². The zero-order chi connectivity index (χ0) is 29.5. The third-order valence-corrected chi connectivity index (χ3v) is 12.7. The van der Waals surface area contributed by atoms with Gasteiger partial charge in [0, 0.05) is 42.4 Å². The fraction of sp³-hybridized carbons (Fsp3) is 0.500. The normalized spacial score (nSPS) is 23.2. The summed E-state index contributed by atoms with van der Waals surface area (Å²) in [5.74, 6) is 0.551. The van der Waals surface area contributed by atoms with Gasteiger partial charge in [-0.15, -0.1) is 11.3 Å². The van der Waals surface area contributed by atoms with Gasteiger partial charge in [0.15, 0.2) is 9.84 Å². The highest BCUT2D eigenvalue weighted by molar-refractivity contribution is 7.91. The first-order valence-electron chi connectivity index (χ1n) is 15.2. The molecule has 2 aliphatic carbocycles. The first-order chi connectivity index (χ1) is 20.1. The van der Waals surface area contributed by atoms with Crippen LogP contribution in [0.5, 0.6) is 0 Å². The lowest BCUT2D eigenvalue weighted by Crippen LogP contribution is -2.40. The van der Waals surface area contributed by atoms with Gasteiger partial charge in [0.1, 0.15) is 10.8 Å². The third-order valence-electron chi connectivity index (χ3n) is 9.66. The summed E-state index contributed by atoms with van der Waals surface area (Å²) in [6.45, 7) is 5.46. The minimum atomic E-state index is -2.94. The molecule has 3 fully saturated rings. The molecule has 3 aliphatic rings. The highest BCUT2D eigenvalue weighted by Gasteiger charge is 2.47. The van der Waals surface area contributed by atoms with Crippen LogP contribution in [0.3, 0.4) is 0 Å². The van der Waals surface area contributed by atoms with Gasteiger partial charge in [0.25, 0.3) is 0 Å². The van der Waals surface area contributed by atoms with E-state index in [0.717, 1.165) is 65.4 Å². The highest BCUT2D eigenvalue weighted by Crippen LogP contribution is 2.52. The van der Waals surface area contributed by atoms with Crippen LogP contribution in [0.4, 0.5) is 5.69 Å². The summed E-state index contributed by atoms with van der Waals surface area (Å²) in [5.41, 5.74) is 3.60. The first kappa shape index (κ1) is 29.1. The van der Waals surface area contributed by atoms with E-state index < -0.39 is 15.3 Å². The number of aromatic nitrogens is 1. The summed E-state index contributed by atoms with van der Waals surface area (Å²) < 4.78 is 23.9. The van der Waals surface area contributed by atoms with Crippen LogP contribution in [-0.2, 0) is 20.0 Å². The SMILES string of the molecule is CC(C)(c1ccccc1)c1nc([C@@H]2CCCC[C@H]2C(=O)CC2(C#N)CC2)c(-c2ccc(N3CCS(=O)(=O)CC3)cc2)s1. The molecular formula is C34H39N3O3S2. The Morgan fingerprint density at radius 3 is 2.36 bits per heavy atom.